The Balaban J connectivity index is 1.98. The maximum Gasteiger partial charge on any atom is 0.409 e. The first kappa shape index (κ1) is 16.8. The molecule has 1 unspecified atom stereocenters. The summed E-state index contributed by atoms with van der Waals surface area (Å²) in [7, 11) is 0. The zero-order valence-electron chi connectivity index (χ0n) is 12.9. The molecule has 0 saturated carbocycles. The molecule has 120 valence electrons. The molecule has 1 aromatic carbocycles. The van der Waals surface area contributed by atoms with E-state index in [1.54, 1.807) is 11.8 Å². The molecule has 0 aliphatic carbocycles. The van der Waals surface area contributed by atoms with Crippen molar-refractivity contribution in [3.63, 3.8) is 0 Å². The lowest BCUT2D eigenvalue weighted by Crippen LogP contribution is -2.44. The number of hydrogen-bond donors (Lipinski definition) is 1. The summed E-state index contributed by atoms with van der Waals surface area (Å²) in [6.07, 6.45) is 1.27. The molecular formula is C16H21BrN2O3. The molecule has 1 atom stereocenters. The Morgan fingerprint density at radius 2 is 2.23 bits per heavy atom. The van der Waals surface area contributed by atoms with Gasteiger partial charge in [-0.1, -0.05) is 15.9 Å². The fourth-order valence-electron chi connectivity index (χ4n) is 2.57. The first-order chi connectivity index (χ1) is 10.5. The first-order valence-corrected chi connectivity index (χ1v) is 8.29. The van der Waals surface area contributed by atoms with Gasteiger partial charge in [0.1, 0.15) is 0 Å². The van der Waals surface area contributed by atoms with Gasteiger partial charge >= 0.3 is 6.09 Å². The number of carbonyl (C=O) groups is 2. The molecule has 2 amide bonds. The van der Waals surface area contributed by atoms with E-state index in [9.17, 15) is 9.59 Å². The highest BCUT2D eigenvalue weighted by molar-refractivity contribution is 9.10. The predicted octanol–water partition coefficient (Wildman–Crippen LogP) is 3.56. The minimum atomic E-state index is -0.333. The van der Waals surface area contributed by atoms with E-state index in [1.807, 2.05) is 25.1 Å². The van der Waals surface area contributed by atoms with Crippen molar-refractivity contribution in [2.24, 2.45) is 5.92 Å². The second-order valence-electron chi connectivity index (χ2n) is 5.43. The highest BCUT2D eigenvalue weighted by Gasteiger charge is 2.29. The average Bonchev–Trinajstić information content (AvgIpc) is 2.50. The molecule has 1 heterocycles. The van der Waals surface area contributed by atoms with E-state index < -0.39 is 0 Å². The van der Waals surface area contributed by atoms with Gasteiger partial charge in [-0.25, -0.2) is 4.79 Å². The van der Waals surface area contributed by atoms with Crippen LogP contribution in [0.5, 0.6) is 0 Å². The van der Waals surface area contributed by atoms with Gasteiger partial charge in [0.05, 0.1) is 12.5 Å². The number of rotatable bonds is 3. The Labute approximate surface area is 139 Å². The van der Waals surface area contributed by atoms with Gasteiger partial charge in [0.15, 0.2) is 0 Å². The molecule has 0 radical (unpaired) electrons. The summed E-state index contributed by atoms with van der Waals surface area (Å²) in [5.41, 5.74) is 1.81. The number of nitrogens with one attached hydrogen (secondary N) is 1. The lowest BCUT2D eigenvalue weighted by atomic mass is 9.97. The number of likely N-dealkylation sites (tertiary alicyclic amines) is 1. The summed E-state index contributed by atoms with van der Waals surface area (Å²) in [6.45, 7) is 5.15. The maximum absolute atomic E-state index is 12.4. The molecule has 1 saturated heterocycles. The third-order valence-corrected chi connectivity index (χ3v) is 4.26. The van der Waals surface area contributed by atoms with Gasteiger partial charge in [-0.05, 0) is 50.5 Å². The zero-order valence-corrected chi connectivity index (χ0v) is 14.5. The van der Waals surface area contributed by atoms with Gasteiger partial charge in [-0.2, -0.15) is 0 Å². The third-order valence-electron chi connectivity index (χ3n) is 3.76. The van der Waals surface area contributed by atoms with Crippen molar-refractivity contribution in [1.82, 2.24) is 4.90 Å². The van der Waals surface area contributed by atoms with Crippen molar-refractivity contribution in [2.75, 3.05) is 25.0 Å². The van der Waals surface area contributed by atoms with E-state index in [2.05, 4.69) is 21.2 Å². The van der Waals surface area contributed by atoms with Crippen LogP contribution in [0.3, 0.4) is 0 Å². The molecule has 0 aromatic heterocycles. The summed E-state index contributed by atoms with van der Waals surface area (Å²) in [5, 5.41) is 2.96. The normalized spacial score (nSPS) is 18.0. The number of hydrogen-bond acceptors (Lipinski definition) is 3. The van der Waals surface area contributed by atoms with Crippen molar-refractivity contribution in [3.8, 4) is 0 Å². The number of aryl methyl sites for hydroxylation is 1. The van der Waals surface area contributed by atoms with E-state index >= 15 is 0 Å². The van der Waals surface area contributed by atoms with Crippen LogP contribution in [0.1, 0.15) is 25.3 Å². The number of ether oxygens (including phenoxy) is 1. The molecule has 5 nitrogen and oxygen atoms in total. The predicted molar refractivity (Wildman–Crippen MR) is 88.8 cm³/mol. The average molecular weight is 369 g/mol. The number of anilines is 1. The Morgan fingerprint density at radius 3 is 2.91 bits per heavy atom. The van der Waals surface area contributed by atoms with Crippen LogP contribution in [0.2, 0.25) is 0 Å². The second-order valence-corrected chi connectivity index (χ2v) is 6.35. The largest absolute Gasteiger partial charge is 0.450 e. The molecular weight excluding hydrogens is 348 g/mol. The minimum Gasteiger partial charge on any atom is -0.450 e. The van der Waals surface area contributed by atoms with Gasteiger partial charge in [0.25, 0.3) is 0 Å². The van der Waals surface area contributed by atoms with E-state index in [-0.39, 0.29) is 17.9 Å². The Hall–Kier alpha value is -1.56. The van der Waals surface area contributed by atoms with E-state index in [0.717, 1.165) is 28.6 Å². The molecule has 1 N–H and O–H groups in total. The van der Waals surface area contributed by atoms with Crippen LogP contribution in [-0.2, 0) is 9.53 Å². The summed E-state index contributed by atoms with van der Waals surface area (Å²) >= 11 is 3.41. The molecule has 1 aliphatic rings. The maximum atomic E-state index is 12.4. The topological polar surface area (TPSA) is 58.6 Å². The Bertz CT molecular complexity index is 562. The van der Waals surface area contributed by atoms with Crippen molar-refractivity contribution in [3.05, 3.63) is 28.2 Å². The number of piperidine rings is 1. The van der Waals surface area contributed by atoms with Crippen LogP contribution in [0.25, 0.3) is 0 Å². The fraction of sp³-hybridized carbons (Fsp3) is 0.500. The van der Waals surface area contributed by atoms with Gasteiger partial charge in [-0.3, -0.25) is 4.79 Å². The number of carbonyl (C=O) groups excluding carboxylic acids is 2. The fourth-order valence-corrected chi connectivity index (χ4v) is 3.05. The standard InChI is InChI=1S/C16H21BrN2O3/c1-3-22-16(21)19-8-4-5-12(10-19)15(20)18-14-7-6-13(17)9-11(14)2/h6-7,9,12H,3-5,8,10H2,1-2H3,(H,18,20). The van der Waals surface area contributed by atoms with Crippen LogP contribution >= 0.6 is 15.9 Å². The van der Waals surface area contributed by atoms with Crippen LogP contribution in [0.15, 0.2) is 22.7 Å². The number of amides is 2. The van der Waals surface area contributed by atoms with Crippen LogP contribution < -0.4 is 5.32 Å². The molecule has 0 spiro atoms. The number of halogens is 1. The van der Waals surface area contributed by atoms with Crippen molar-refractivity contribution in [2.45, 2.75) is 26.7 Å². The second kappa shape index (κ2) is 7.63. The Kier molecular flexibility index (Phi) is 5.83. The molecule has 1 aliphatic heterocycles. The first-order valence-electron chi connectivity index (χ1n) is 7.50. The van der Waals surface area contributed by atoms with Crippen molar-refractivity contribution >= 4 is 33.6 Å². The summed E-state index contributed by atoms with van der Waals surface area (Å²) in [6, 6.07) is 5.74. The van der Waals surface area contributed by atoms with Crippen LogP contribution in [0.4, 0.5) is 10.5 Å². The minimum absolute atomic E-state index is 0.0422. The molecule has 1 fully saturated rings. The van der Waals surface area contributed by atoms with Crippen LogP contribution in [0, 0.1) is 12.8 Å². The zero-order chi connectivity index (χ0) is 16.1. The Morgan fingerprint density at radius 1 is 1.45 bits per heavy atom. The van der Waals surface area contributed by atoms with Crippen LogP contribution in [-0.4, -0.2) is 36.6 Å². The monoisotopic (exact) mass is 368 g/mol. The summed E-state index contributed by atoms with van der Waals surface area (Å²) in [4.78, 5) is 25.8. The highest BCUT2D eigenvalue weighted by Crippen LogP contribution is 2.23. The lowest BCUT2D eigenvalue weighted by Gasteiger charge is -2.31. The molecule has 6 heteroatoms. The number of benzene rings is 1. The van der Waals surface area contributed by atoms with E-state index in [1.165, 1.54) is 0 Å². The molecule has 2 rings (SSSR count). The van der Waals surface area contributed by atoms with E-state index in [4.69, 9.17) is 4.74 Å². The van der Waals surface area contributed by atoms with Gasteiger partial charge < -0.3 is 15.0 Å². The third kappa shape index (κ3) is 4.22. The highest BCUT2D eigenvalue weighted by atomic mass is 79.9. The number of nitrogens with zero attached hydrogens (tertiary/aromatic N) is 1. The molecule has 22 heavy (non-hydrogen) atoms. The lowest BCUT2D eigenvalue weighted by molar-refractivity contribution is -0.121. The SMILES string of the molecule is CCOC(=O)N1CCCC(C(=O)Nc2ccc(Br)cc2C)C1. The molecule has 0 bridgehead atoms. The smallest absolute Gasteiger partial charge is 0.409 e. The quantitative estimate of drug-likeness (QED) is 0.886. The van der Waals surface area contributed by atoms with Gasteiger partial charge in [0.2, 0.25) is 5.91 Å². The molecule has 1 aromatic rings. The van der Waals surface area contributed by atoms with E-state index in [0.29, 0.717) is 19.7 Å². The summed E-state index contributed by atoms with van der Waals surface area (Å²) in [5.74, 6) is -0.236. The van der Waals surface area contributed by atoms with Crippen molar-refractivity contribution < 1.29 is 14.3 Å². The van der Waals surface area contributed by atoms with Gasteiger partial charge in [-0.15, -0.1) is 0 Å². The van der Waals surface area contributed by atoms with Gasteiger partial charge in [0, 0.05) is 23.2 Å². The summed E-state index contributed by atoms with van der Waals surface area (Å²) < 4.78 is 5.99. The van der Waals surface area contributed by atoms with Crippen molar-refractivity contribution in [1.29, 1.82) is 0 Å².